The molecule has 1 atom stereocenters. The van der Waals surface area contributed by atoms with Crippen molar-refractivity contribution >= 4 is 11.8 Å². The van der Waals surface area contributed by atoms with E-state index in [-0.39, 0.29) is 12.1 Å². The zero-order valence-corrected chi connectivity index (χ0v) is 16.4. The summed E-state index contributed by atoms with van der Waals surface area (Å²) in [6, 6.07) is 12.5. The van der Waals surface area contributed by atoms with Crippen LogP contribution in [-0.2, 0) is 0 Å². The summed E-state index contributed by atoms with van der Waals surface area (Å²) in [6.45, 7) is 4.92. The molecular formula is C21H23N5O3. The van der Waals surface area contributed by atoms with Gasteiger partial charge in [-0.3, -0.25) is 5.32 Å². The highest BCUT2D eigenvalue weighted by atomic mass is 16.5. The third-order valence-electron chi connectivity index (χ3n) is 4.58. The zero-order valence-electron chi connectivity index (χ0n) is 16.4. The minimum Gasteiger partial charge on any atom is -0.494 e. The van der Waals surface area contributed by atoms with E-state index >= 15 is 0 Å². The normalized spacial score (nSPS) is 15.2. The van der Waals surface area contributed by atoms with Crippen LogP contribution in [-0.4, -0.2) is 34.0 Å². The Labute approximate surface area is 168 Å². The molecule has 0 fully saturated rings. The summed E-state index contributed by atoms with van der Waals surface area (Å²) in [6.07, 6.45) is 2.36. The van der Waals surface area contributed by atoms with E-state index in [1.807, 2.05) is 50.2 Å². The number of urea groups is 1. The highest BCUT2D eigenvalue weighted by Gasteiger charge is 2.24. The van der Waals surface area contributed by atoms with Gasteiger partial charge in [-0.1, -0.05) is 6.07 Å². The molecule has 29 heavy (non-hydrogen) atoms. The average molecular weight is 393 g/mol. The quantitative estimate of drug-likeness (QED) is 0.691. The lowest BCUT2D eigenvalue weighted by Gasteiger charge is -2.27. The van der Waals surface area contributed by atoms with Gasteiger partial charge < -0.3 is 14.8 Å². The lowest BCUT2D eigenvalue weighted by atomic mass is 10.0. The van der Waals surface area contributed by atoms with Crippen LogP contribution < -0.4 is 20.1 Å². The Morgan fingerprint density at radius 2 is 2.21 bits per heavy atom. The molecule has 150 valence electrons. The van der Waals surface area contributed by atoms with Crippen molar-refractivity contribution in [3.63, 3.8) is 0 Å². The number of hydrogen-bond acceptors (Lipinski definition) is 5. The zero-order chi connectivity index (χ0) is 20.2. The van der Waals surface area contributed by atoms with Gasteiger partial charge in [-0.15, -0.1) is 0 Å². The van der Waals surface area contributed by atoms with Gasteiger partial charge in [0.2, 0.25) is 0 Å². The molecule has 8 nitrogen and oxygen atoms in total. The fraction of sp³-hybridized carbons (Fsp3) is 0.286. The number of hydrogen-bond donors (Lipinski definition) is 2. The van der Waals surface area contributed by atoms with Crippen LogP contribution in [0.15, 0.2) is 48.7 Å². The van der Waals surface area contributed by atoms with E-state index in [4.69, 9.17) is 9.47 Å². The lowest BCUT2D eigenvalue weighted by molar-refractivity contribution is 0.231. The number of benzene rings is 1. The first-order valence-corrected chi connectivity index (χ1v) is 9.59. The summed E-state index contributed by atoms with van der Waals surface area (Å²) >= 11 is 0. The van der Waals surface area contributed by atoms with Gasteiger partial charge >= 0.3 is 6.03 Å². The number of ether oxygens (including phenoxy) is 2. The smallest absolute Gasteiger partial charge is 0.320 e. The van der Waals surface area contributed by atoms with Gasteiger partial charge in [-0.05, 0) is 44.2 Å². The monoisotopic (exact) mass is 393 g/mol. The van der Waals surface area contributed by atoms with Crippen molar-refractivity contribution in [3.8, 4) is 17.3 Å². The number of nitrogens with zero attached hydrogens (tertiary/aromatic N) is 3. The Morgan fingerprint density at radius 1 is 1.31 bits per heavy atom. The van der Waals surface area contributed by atoms with Crippen molar-refractivity contribution in [3.05, 3.63) is 59.9 Å². The van der Waals surface area contributed by atoms with Gasteiger partial charge in [0.15, 0.2) is 5.82 Å². The van der Waals surface area contributed by atoms with Crippen LogP contribution >= 0.6 is 0 Å². The third-order valence-corrected chi connectivity index (χ3v) is 4.58. The maximum atomic E-state index is 12.7. The maximum Gasteiger partial charge on any atom is 0.320 e. The third kappa shape index (κ3) is 4.16. The minimum atomic E-state index is -0.318. The molecule has 0 bridgehead atoms. The molecule has 4 rings (SSSR count). The Bertz CT molecular complexity index is 1000. The Morgan fingerprint density at radius 3 is 3.00 bits per heavy atom. The van der Waals surface area contributed by atoms with E-state index in [2.05, 4.69) is 20.7 Å². The fourth-order valence-corrected chi connectivity index (χ4v) is 3.33. The number of fused-ring (bicyclic) bond motifs is 1. The summed E-state index contributed by atoms with van der Waals surface area (Å²) in [5, 5.41) is 10.3. The molecular weight excluding hydrogens is 370 g/mol. The molecule has 1 unspecified atom stereocenters. The Hall–Kier alpha value is -3.55. The van der Waals surface area contributed by atoms with Gasteiger partial charge in [0, 0.05) is 24.2 Å². The molecule has 1 aromatic carbocycles. The molecule has 0 radical (unpaired) electrons. The topological polar surface area (TPSA) is 90.3 Å². The maximum absolute atomic E-state index is 12.7. The SMILES string of the molecule is CCOc1ccc2c(c1)C(NC(=O)Nc1cc(C)nn1-c1ccccn1)CCO2. The van der Waals surface area contributed by atoms with E-state index in [1.165, 1.54) is 0 Å². The number of amides is 2. The molecule has 2 amide bonds. The average Bonchev–Trinajstić information content (AvgIpc) is 3.09. The number of nitrogens with one attached hydrogen (secondary N) is 2. The van der Waals surface area contributed by atoms with Crippen molar-refractivity contribution in [1.82, 2.24) is 20.1 Å². The van der Waals surface area contributed by atoms with E-state index in [0.717, 1.165) is 22.8 Å². The van der Waals surface area contributed by atoms with Gasteiger partial charge in [0.25, 0.3) is 0 Å². The Balaban J connectivity index is 1.52. The summed E-state index contributed by atoms with van der Waals surface area (Å²) in [5.41, 5.74) is 1.69. The lowest BCUT2D eigenvalue weighted by Crippen LogP contribution is -2.35. The molecule has 2 N–H and O–H groups in total. The number of carbonyl (C=O) groups is 1. The predicted molar refractivity (Wildman–Crippen MR) is 109 cm³/mol. The van der Waals surface area contributed by atoms with Crippen molar-refractivity contribution < 1.29 is 14.3 Å². The molecule has 3 heterocycles. The summed E-state index contributed by atoms with van der Waals surface area (Å²) in [5.74, 6) is 2.70. The van der Waals surface area contributed by atoms with E-state index in [1.54, 1.807) is 16.9 Å². The second-order valence-electron chi connectivity index (χ2n) is 6.69. The van der Waals surface area contributed by atoms with Gasteiger partial charge in [-0.25, -0.2) is 9.78 Å². The van der Waals surface area contributed by atoms with E-state index in [0.29, 0.717) is 31.3 Å². The second-order valence-corrected chi connectivity index (χ2v) is 6.69. The first-order chi connectivity index (χ1) is 14.1. The van der Waals surface area contributed by atoms with Crippen LogP contribution in [0.5, 0.6) is 11.5 Å². The van der Waals surface area contributed by atoms with Crippen LogP contribution in [0, 0.1) is 6.92 Å². The van der Waals surface area contributed by atoms with Crippen LogP contribution in [0.2, 0.25) is 0 Å². The molecule has 3 aromatic rings. The molecule has 0 spiro atoms. The fourth-order valence-electron chi connectivity index (χ4n) is 3.33. The molecule has 0 saturated carbocycles. The number of aromatic nitrogens is 3. The molecule has 1 aliphatic heterocycles. The van der Waals surface area contributed by atoms with Crippen molar-refractivity contribution in [2.24, 2.45) is 0 Å². The molecule has 2 aromatic heterocycles. The van der Waals surface area contributed by atoms with Crippen LogP contribution in [0.1, 0.15) is 30.6 Å². The van der Waals surface area contributed by atoms with E-state index in [9.17, 15) is 4.79 Å². The number of pyridine rings is 1. The standard InChI is InChI=1S/C21H23N5O3/c1-3-28-15-7-8-18-16(13-15)17(9-11-29-18)23-21(27)24-20-12-14(2)25-26(20)19-6-4-5-10-22-19/h4-8,10,12-13,17H,3,9,11H2,1-2H3,(H2,23,24,27). The number of carbonyl (C=O) groups excluding carboxylic acids is 1. The number of aryl methyl sites for hydroxylation is 1. The van der Waals surface area contributed by atoms with Crippen molar-refractivity contribution in [2.75, 3.05) is 18.5 Å². The number of rotatable bonds is 5. The molecule has 0 aliphatic carbocycles. The highest BCUT2D eigenvalue weighted by molar-refractivity contribution is 5.89. The van der Waals surface area contributed by atoms with Crippen LogP contribution in [0.4, 0.5) is 10.6 Å². The molecule has 8 heteroatoms. The molecule has 1 aliphatic rings. The van der Waals surface area contributed by atoms with Crippen molar-refractivity contribution in [2.45, 2.75) is 26.3 Å². The van der Waals surface area contributed by atoms with Crippen LogP contribution in [0.3, 0.4) is 0 Å². The highest BCUT2D eigenvalue weighted by Crippen LogP contribution is 2.35. The minimum absolute atomic E-state index is 0.175. The second kappa shape index (κ2) is 8.22. The van der Waals surface area contributed by atoms with Gasteiger partial charge in [0.05, 0.1) is 24.9 Å². The summed E-state index contributed by atoms with van der Waals surface area (Å²) in [4.78, 5) is 17.0. The van der Waals surface area contributed by atoms with Gasteiger partial charge in [0.1, 0.15) is 17.3 Å². The predicted octanol–water partition coefficient (Wildman–Crippen LogP) is 3.62. The van der Waals surface area contributed by atoms with Crippen LogP contribution in [0.25, 0.3) is 5.82 Å². The molecule has 0 saturated heterocycles. The summed E-state index contributed by atoms with van der Waals surface area (Å²) in [7, 11) is 0. The Kier molecular flexibility index (Phi) is 5.33. The van der Waals surface area contributed by atoms with Gasteiger partial charge in [-0.2, -0.15) is 9.78 Å². The first kappa shape index (κ1) is 18.8. The van der Waals surface area contributed by atoms with Crippen molar-refractivity contribution in [1.29, 1.82) is 0 Å². The van der Waals surface area contributed by atoms with E-state index < -0.39 is 0 Å². The summed E-state index contributed by atoms with van der Waals surface area (Å²) < 4.78 is 12.9. The largest absolute Gasteiger partial charge is 0.494 e. The first-order valence-electron chi connectivity index (χ1n) is 9.59. The number of anilines is 1.